The van der Waals surface area contributed by atoms with Gasteiger partial charge in [0.15, 0.2) is 0 Å². The molecule has 1 atom stereocenters. The highest BCUT2D eigenvalue weighted by molar-refractivity contribution is 5.78. The largest absolute Gasteiger partial charge is 0.457 e. The molecule has 0 aliphatic carbocycles. The van der Waals surface area contributed by atoms with Gasteiger partial charge in [-0.05, 0) is 27.2 Å². The second kappa shape index (κ2) is 8.11. The second-order valence-electron chi connectivity index (χ2n) is 5.03. The summed E-state index contributed by atoms with van der Waals surface area (Å²) >= 11 is 0. The highest BCUT2D eigenvalue weighted by Crippen LogP contribution is 2.09. The molecular formula is C14H23FO2. The van der Waals surface area contributed by atoms with Crippen molar-refractivity contribution in [3.05, 3.63) is 0 Å². The van der Waals surface area contributed by atoms with Gasteiger partial charge in [0.25, 0.3) is 6.17 Å². The lowest BCUT2D eigenvalue weighted by Gasteiger charge is -2.19. The molecule has 0 heterocycles. The smallest absolute Gasteiger partial charge is 0.353 e. The van der Waals surface area contributed by atoms with E-state index in [1.807, 2.05) is 0 Å². The summed E-state index contributed by atoms with van der Waals surface area (Å²) in [6.45, 7) is 7.24. The van der Waals surface area contributed by atoms with Gasteiger partial charge in [0.2, 0.25) is 0 Å². The zero-order chi connectivity index (χ0) is 13.3. The summed E-state index contributed by atoms with van der Waals surface area (Å²) in [5, 5.41) is 0. The van der Waals surface area contributed by atoms with E-state index in [0.717, 1.165) is 19.3 Å². The summed E-state index contributed by atoms with van der Waals surface area (Å²) in [5.74, 6) is 4.09. The van der Waals surface area contributed by atoms with Crippen molar-refractivity contribution in [2.45, 2.75) is 71.6 Å². The Morgan fingerprint density at radius 2 is 1.94 bits per heavy atom. The van der Waals surface area contributed by atoms with Crippen LogP contribution in [0.15, 0.2) is 0 Å². The van der Waals surface area contributed by atoms with Gasteiger partial charge in [-0.25, -0.2) is 9.18 Å². The van der Waals surface area contributed by atoms with Crippen LogP contribution in [0.2, 0.25) is 0 Å². The molecule has 0 spiro atoms. The molecule has 17 heavy (non-hydrogen) atoms. The van der Waals surface area contributed by atoms with E-state index in [1.165, 1.54) is 6.42 Å². The van der Waals surface area contributed by atoms with Crippen LogP contribution in [-0.2, 0) is 9.53 Å². The molecule has 0 aromatic carbocycles. The number of unbranched alkanes of at least 4 members (excludes halogenated alkanes) is 4. The third kappa shape index (κ3) is 9.86. The lowest BCUT2D eigenvalue weighted by molar-refractivity contribution is -0.158. The van der Waals surface area contributed by atoms with E-state index in [-0.39, 0.29) is 0 Å². The maximum atomic E-state index is 13.3. The Balaban J connectivity index is 3.88. The quantitative estimate of drug-likeness (QED) is 0.418. The minimum atomic E-state index is -1.82. The van der Waals surface area contributed by atoms with Crippen molar-refractivity contribution in [3.63, 3.8) is 0 Å². The number of alkyl halides is 1. The molecule has 0 saturated carbocycles. The van der Waals surface area contributed by atoms with E-state index in [4.69, 9.17) is 4.74 Å². The summed E-state index contributed by atoms with van der Waals surface area (Å²) < 4.78 is 18.1. The molecule has 0 fully saturated rings. The van der Waals surface area contributed by atoms with Crippen molar-refractivity contribution in [1.29, 1.82) is 0 Å². The van der Waals surface area contributed by atoms with Gasteiger partial charge in [-0.3, -0.25) is 0 Å². The normalized spacial score (nSPS) is 12.5. The molecule has 2 nitrogen and oxygen atoms in total. The fraction of sp³-hybridized carbons (Fsp3) is 0.786. The first-order chi connectivity index (χ1) is 7.87. The van der Waals surface area contributed by atoms with E-state index < -0.39 is 17.7 Å². The Labute approximate surface area is 104 Å². The number of esters is 1. The molecule has 0 N–H and O–H groups in total. The molecule has 0 aromatic heterocycles. The molecule has 0 saturated heterocycles. The molecule has 0 aliphatic rings. The van der Waals surface area contributed by atoms with Gasteiger partial charge in [-0.1, -0.05) is 38.0 Å². The summed E-state index contributed by atoms with van der Waals surface area (Å²) in [6, 6.07) is 0. The van der Waals surface area contributed by atoms with Gasteiger partial charge >= 0.3 is 5.97 Å². The number of carbonyl (C=O) groups is 1. The number of carbonyl (C=O) groups excluding carboxylic acids is 1. The van der Waals surface area contributed by atoms with Crippen LogP contribution in [0.3, 0.4) is 0 Å². The van der Waals surface area contributed by atoms with Gasteiger partial charge < -0.3 is 4.74 Å². The van der Waals surface area contributed by atoms with Gasteiger partial charge in [0.05, 0.1) is 0 Å². The Morgan fingerprint density at radius 1 is 1.29 bits per heavy atom. The van der Waals surface area contributed by atoms with E-state index in [0.29, 0.717) is 6.42 Å². The molecule has 0 amide bonds. The van der Waals surface area contributed by atoms with Crippen LogP contribution in [0.4, 0.5) is 4.39 Å². The SMILES string of the molecule is CCCCCCC#CC(F)C(=O)OC(C)(C)C. The van der Waals surface area contributed by atoms with Gasteiger partial charge in [0.1, 0.15) is 5.60 Å². The lowest BCUT2D eigenvalue weighted by Crippen LogP contribution is -2.29. The van der Waals surface area contributed by atoms with Crippen LogP contribution in [-0.4, -0.2) is 17.7 Å². The van der Waals surface area contributed by atoms with Crippen LogP contribution in [0, 0.1) is 11.8 Å². The minimum absolute atomic E-state index is 0.642. The molecule has 0 rings (SSSR count). The van der Waals surface area contributed by atoms with Crippen LogP contribution in [0.5, 0.6) is 0 Å². The highest BCUT2D eigenvalue weighted by Gasteiger charge is 2.22. The standard InChI is InChI=1S/C14H23FO2/c1-5-6-7-8-9-10-11-12(15)13(16)17-14(2,3)4/h12H,5-9H2,1-4H3. The summed E-state index contributed by atoms with van der Waals surface area (Å²) in [5.41, 5.74) is -0.662. The second-order valence-corrected chi connectivity index (χ2v) is 5.03. The van der Waals surface area contributed by atoms with Gasteiger partial charge in [-0.2, -0.15) is 0 Å². The summed E-state index contributed by atoms with van der Waals surface area (Å²) in [6.07, 6.45) is 3.23. The number of ether oxygens (including phenoxy) is 1. The van der Waals surface area contributed by atoms with Crippen LogP contribution >= 0.6 is 0 Å². The van der Waals surface area contributed by atoms with E-state index in [1.54, 1.807) is 20.8 Å². The predicted molar refractivity (Wildman–Crippen MR) is 67.3 cm³/mol. The Bertz CT molecular complexity index is 281. The average Bonchev–Trinajstić information content (AvgIpc) is 2.20. The molecule has 0 radical (unpaired) electrons. The number of rotatable bonds is 5. The molecule has 98 valence electrons. The van der Waals surface area contributed by atoms with Crippen LogP contribution in [0.1, 0.15) is 59.8 Å². The molecule has 3 heteroatoms. The lowest BCUT2D eigenvalue weighted by atomic mass is 10.1. The van der Waals surface area contributed by atoms with Crippen molar-refractivity contribution < 1.29 is 13.9 Å². The summed E-state index contributed by atoms with van der Waals surface area (Å²) in [4.78, 5) is 11.2. The number of halogens is 1. The first-order valence-corrected chi connectivity index (χ1v) is 6.22. The Hall–Kier alpha value is -1.04. The molecule has 0 bridgehead atoms. The van der Waals surface area contributed by atoms with E-state index in [9.17, 15) is 9.18 Å². The third-order valence-corrected chi connectivity index (χ3v) is 2.00. The monoisotopic (exact) mass is 242 g/mol. The Morgan fingerprint density at radius 3 is 2.47 bits per heavy atom. The predicted octanol–water partition coefficient (Wildman–Crippen LogP) is 3.64. The molecule has 0 aromatic rings. The van der Waals surface area contributed by atoms with Crippen molar-refractivity contribution >= 4 is 5.97 Å². The zero-order valence-electron chi connectivity index (χ0n) is 11.3. The van der Waals surface area contributed by atoms with Crippen molar-refractivity contribution in [3.8, 4) is 11.8 Å². The maximum absolute atomic E-state index is 13.3. The Kier molecular flexibility index (Phi) is 7.61. The number of hydrogen-bond donors (Lipinski definition) is 0. The fourth-order valence-electron chi connectivity index (χ4n) is 1.21. The first kappa shape index (κ1) is 16.0. The average molecular weight is 242 g/mol. The third-order valence-electron chi connectivity index (χ3n) is 2.00. The van der Waals surface area contributed by atoms with Crippen LogP contribution in [0.25, 0.3) is 0 Å². The minimum Gasteiger partial charge on any atom is -0.457 e. The summed E-state index contributed by atoms with van der Waals surface area (Å²) in [7, 11) is 0. The molecule has 0 aliphatic heterocycles. The molecular weight excluding hydrogens is 219 g/mol. The topological polar surface area (TPSA) is 26.3 Å². The van der Waals surface area contributed by atoms with Crippen molar-refractivity contribution in [2.24, 2.45) is 0 Å². The maximum Gasteiger partial charge on any atom is 0.353 e. The van der Waals surface area contributed by atoms with Crippen molar-refractivity contribution in [2.75, 3.05) is 0 Å². The number of hydrogen-bond acceptors (Lipinski definition) is 2. The van der Waals surface area contributed by atoms with Gasteiger partial charge in [0, 0.05) is 6.42 Å². The first-order valence-electron chi connectivity index (χ1n) is 6.22. The van der Waals surface area contributed by atoms with E-state index >= 15 is 0 Å². The van der Waals surface area contributed by atoms with Gasteiger partial charge in [-0.15, -0.1) is 0 Å². The van der Waals surface area contributed by atoms with E-state index in [2.05, 4.69) is 18.8 Å². The fourth-order valence-corrected chi connectivity index (χ4v) is 1.21. The zero-order valence-corrected chi connectivity index (χ0v) is 11.3. The van der Waals surface area contributed by atoms with Crippen LogP contribution < -0.4 is 0 Å². The van der Waals surface area contributed by atoms with Crippen molar-refractivity contribution in [1.82, 2.24) is 0 Å². The highest BCUT2D eigenvalue weighted by atomic mass is 19.1. The molecule has 1 unspecified atom stereocenters.